The molecule has 1 aliphatic rings. The number of aryl methyl sites for hydroxylation is 1. The predicted molar refractivity (Wildman–Crippen MR) is 107 cm³/mol. The molecule has 0 radical (unpaired) electrons. The molecule has 2 aromatic carbocycles. The van der Waals surface area contributed by atoms with Gasteiger partial charge in [-0.3, -0.25) is 29.1 Å². The number of rotatable bonds is 3. The summed E-state index contributed by atoms with van der Waals surface area (Å²) in [5, 5.41) is 4.94. The summed E-state index contributed by atoms with van der Waals surface area (Å²) in [4.78, 5) is 49.0. The third kappa shape index (κ3) is 3.06. The second kappa shape index (κ2) is 6.75. The number of amides is 3. The van der Waals surface area contributed by atoms with Gasteiger partial charge in [-0.2, -0.15) is 0 Å². The topological polar surface area (TPSA) is 123 Å². The van der Waals surface area contributed by atoms with Gasteiger partial charge >= 0.3 is 0 Å². The van der Waals surface area contributed by atoms with Crippen molar-refractivity contribution in [1.29, 1.82) is 0 Å². The highest BCUT2D eigenvalue weighted by atomic mass is 16.2. The number of para-hydroxylation sites is 1. The second-order valence-electron chi connectivity index (χ2n) is 6.59. The lowest BCUT2D eigenvalue weighted by Crippen LogP contribution is -2.24. The molecule has 0 saturated carbocycles. The minimum absolute atomic E-state index is 0.0515. The Morgan fingerprint density at radius 3 is 2.52 bits per heavy atom. The molecule has 0 bridgehead atoms. The molecule has 0 atom stereocenters. The maximum atomic E-state index is 12.7. The van der Waals surface area contributed by atoms with Crippen molar-refractivity contribution in [2.45, 2.75) is 6.92 Å². The Kier molecular flexibility index (Phi) is 4.23. The molecule has 0 unspecified atom stereocenters. The quantitative estimate of drug-likeness (QED) is 0.591. The Labute approximate surface area is 165 Å². The van der Waals surface area contributed by atoms with Crippen LogP contribution in [-0.4, -0.2) is 22.3 Å². The molecule has 2 heterocycles. The molecular formula is C21H16N4O4. The molecule has 8 nitrogen and oxygen atoms in total. The summed E-state index contributed by atoms with van der Waals surface area (Å²) in [6.07, 6.45) is 0. The van der Waals surface area contributed by atoms with E-state index in [1.807, 2.05) is 25.1 Å². The molecule has 3 amide bonds. The van der Waals surface area contributed by atoms with Gasteiger partial charge in [0.1, 0.15) is 5.82 Å². The monoisotopic (exact) mass is 388 g/mol. The average Bonchev–Trinajstić information content (AvgIpc) is 2.97. The number of pyridine rings is 1. The van der Waals surface area contributed by atoms with E-state index < -0.39 is 17.4 Å². The van der Waals surface area contributed by atoms with Gasteiger partial charge in [-0.25, -0.2) is 0 Å². The summed E-state index contributed by atoms with van der Waals surface area (Å²) in [5.74, 6) is -1.84. The van der Waals surface area contributed by atoms with Gasteiger partial charge in [0.25, 0.3) is 23.3 Å². The van der Waals surface area contributed by atoms with Crippen molar-refractivity contribution >= 4 is 29.2 Å². The summed E-state index contributed by atoms with van der Waals surface area (Å²) in [5.41, 5.74) is 7.54. The van der Waals surface area contributed by atoms with Crippen molar-refractivity contribution in [3.8, 4) is 5.69 Å². The molecule has 8 heteroatoms. The lowest BCUT2D eigenvalue weighted by atomic mass is 10.1. The lowest BCUT2D eigenvalue weighted by molar-refractivity contribution is 0.0879. The zero-order chi connectivity index (χ0) is 20.7. The fraction of sp³-hybridized carbons (Fsp3) is 0.0476. The number of fused-ring (bicyclic) bond motifs is 1. The van der Waals surface area contributed by atoms with Crippen LogP contribution in [0.5, 0.6) is 0 Å². The minimum atomic E-state index is -0.662. The smallest absolute Gasteiger partial charge is 0.262 e. The SMILES string of the molecule is Cc1ccccc1NC(=O)c1cccc(-n2c(N)c3c(cc2=O)C(=O)NC3=O)c1. The van der Waals surface area contributed by atoms with E-state index in [0.29, 0.717) is 16.9 Å². The van der Waals surface area contributed by atoms with Crippen LogP contribution in [0.4, 0.5) is 11.5 Å². The summed E-state index contributed by atoms with van der Waals surface area (Å²) in [7, 11) is 0. The number of hydrogen-bond donors (Lipinski definition) is 3. The Morgan fingerprint density at radius 2 is 1.76 bits per heavy atom. The summed E-state index contributed by atoms with van der Waals surface area (Å²) in [6, 6.07) is 14.7. The fourth-order valence-electron chi connectivity index (χ4n) is 3.24. The van der Waals surface area contributed by atoms with Gasteiger partial charge < -0.3 is 11.1 Å². The Morgan fingerprint density at radius 1 is 1.00 bits per heavy atom. The van der Waals surface area contributed by atoms with E-state index in [2.05, 4.69) is 10.6 Å². The van der Waals surface area contributed by atoms with E-state index >= 15 is 0 Å². The van der Waals surface area contributed by atoms with Crippen LogP contribution in [0.1, 0.15) is 36.6 Å². The third-order valence-corrected chi connectivity index (χ3v) is 4.71. The summed E-state index contributed by atoms with van der Waals surface area (Å²) in [6.45, 7) is 1.88. The van der Waals surface area contributed by atoms with Crippen molar-refractivity contribution in [3.63, 3.8) is 0 Å². The molecule has 4 rings (SSSR count). The number of carbonyl (C=O) groups is 3. The van der Waals surface area contributed by atoms with Gasteiger partial charge in [0, 0.05) is 17.3 Å². The van der Waals surface area contributed by atoms with E-state index in [1.165, 1.54) is 6.07 Å². The molecule has 144 valence electrons. The maximum Gasteiger partial charge on any atom is 0.262 e. The zero-order valence-corrected chi connectivity index (χ0v) is 15.4. The number of nitrogens with zero attached hydrogens (tertiary/aromatic N) is 1. The number of benzene rings is 2. The molecular weight excluding hydrogens is 372 g/mol. The molecule has 3 aromatic rings. The molecule has 1 aliphatic heterocycles. The number of aromatic nitrogens is 1. The first kappa shape index (κ1) is 18.2. The number of carbonyl (C=O) groups excluding carboxylic acids is 3. The molecule has 4 N–H and O–H groups in total. The van der Waals surface area contributed by atoms with E-state index in [4.69, 9.17) is 5.73 Å². The summed E-state index contributed by atoms with van der Waals surface area (Å²) < 4.78 is 1.10. The maximum absolute atomic E-state index is 12.7. The number of anilines is 2. The van der Waals surface area contributed by atoms with Gasteiger partial charge in [-0.15, -0.1) is 0 Å². The first-order valence-corrected chi connectivity index (χ1v) is 8.75. The van der Waals surface area contributed by atoms with Crippen LogP contribution in [0.3, 0.4) is 0 Å². The molecule has 0 spiro atoms. The molecule has 0 aliphatic carbocycles. The zero-order valence-electron chi connectivity index (χ0n) is 15.4. The lowest BCUT2D eigenvalue weighted by Gasteiger charge is -2.13. The Bertz CT molecular complexity index is 1260. The number of nitrogens with two attached hydrogens (primary N) is 1. The van der Waals surface area contributed by atoms with Crippen molar-refractivity contribution in [1.82, 2.24) is 9.88 Å². The van der Waals surface area contributed by atoms with Crippen molar-refractivity contribution in [3.05, 3.63) is 87.2 Å². The molecule has 0 fully saturated rings. The second-order valence-corrected chi connectivity index (χ2v) is 6.59. The Balaban J connectivity index is 1.75. The highest BCUT2D eigenvalue weighted by molar-refractivity contribution is 6.23. The number of hydrogen-bond acceptors (Lipinski definition) is 5. The minimum Gasteiger partial charge on any atom is -0.384 e. The van der Waals surface area contributed by atoms with Crippen LogP contribution in [-0.2, 0) is 0 Å². The van der Waals surface area contributed by atoms with Gasteiger partial charge in [-0.1, -0.05) is 24.3 Å². The van der Waals surface area contributed by atoms with Crippen LogP contribution in [0.2, 0.25) is 0 Å². The van der Waals surface area contributed by atoms with E-state index in [1.54, 1.807) is 24.3 Å². The Hall–Kier alpha value is -4.20. The van der Waals surface area contributed by atoms with Crippen LogP contribution in [0.15, 0.2) is 59.4 Å². The first-order chi connectivity index (χ1) is 13.9. The number of imide groups is 1. The van der Waals surface area contributed by atoms with Gasteiger partial charge in [0.15, 0.2) is 0 Å². The normalized spacial score (nSPS) is 12.4. The predicted octanol–water partition coefficient (Wildman–Crippen LogP) is 1.86. The van der Waals surface area contributed by atoms with Crippen molar-refractivity contribution in [2.24, 2.45) is 0 Å². The molecule has 0 saturated heterocycles. The van der Waals surface area contributed by atoms with E-state index in [0.717, 1.165) is 16.2 Å². The van der Waals surface area contributed by atoms with Crippen molar-refractivity contribution in [2.75, 3.05) is 11.1 Å². The van der Waals surface area contributed by atoms with Crippen LogP contribution < -0.4 is 21.9 Å². The summed E-state index contributed by atoms with van der Waals surface area (Å²) >= 11 is 0. The number of nitrogens with one attached hydrogen (secondary N) is 2. The van der Waals surface area contributed by atoms with E-state index in [-0.39, 0.29) is 22.9 Å². The third-order valence-electron chi connectivity index (χ3n) is 4.71. The largest absolute Gasteiger partial charge is 0.384 e. The van der Waals surface area contributed by atoms with Crippen LogP contribution >= 0.6 is 0 Å². The number of nitrogen functional groups attached to an aromatic ring is 1. The van der Waals surface area contributed by atoms with Gasteiger partial charge in [0.2, 0.25) is 0 Å². The standard InChI is InChI=1S/C21H16N4O4/c1-11-5-2-3-8-15(11)23-19(27)12-6-4-7-13(9-12)25-16(26)10-14-17(18(25)22)21(29)24-20(14)28/h2-10H,22H2,1H3,(H,23,27)(H,24,28,29). The molecule has 1 aromatic heterocycles. The van der Waals surface area contributed by atoms with E-state index in [9.17, 15) is 19.2 Å². The highest BCUT2D eigenvalue weighted by Gasteiger charge is 2.31. The van der Waals surface area contributed by atoms with Crippen LogP contribution in [0, 0.1) is 6.92 Å². The highest BCUT2D eigenvalue weighted by Crippen LogP contribution is 2.23. The van der Waals surface area contributed by atoms with Gasteiger partial charge in [0.05, 0.1) is 16.8 Å². The molecule has 29 heavy (non-hydrogen) atoms. The van der Waals surface area contributed by atoms with Gasteiger partial charge in [-0.05, 0) is 36.8 Å². The fourth-order valence-corrected chi connectivity index (χ4v) is 3.24. The first-order valence-electron chi connectivity index (χ1n) is 8.75. The van der Waals surface area contributed by atoms with Crippen LogP contribution in [0.25, 0.3) is 5.69 Å². The van der Waals surface area contributed by atoms with Crippen molar-refractivity contribution < 1.29 is 14.4 Å². The average molecular weight is 388 g/mol.